The first-order chi connectivity index (χ1) is 61.3. The molecule has 4 fully saturated rings. The Balaban J connectivity index is 0.00000748. The molecule has 13 atom stereocenters. The second-order valence-electron chi connectivity index (χ2n) is 32.3. The van der Waals surface area contributed by atoms with Crippen LogP contribution in [0.15, 0.2) is 60.9 Å². The number of carboxylic acid groups (broad SMARTS) is 1. The third-order valence-corrected chi connectivity index (χ3v) is 25.1. The molecule has 129 heavy (non-hydrogen) atoms. The maximum Gasteiger partial charge on any atom is 0.373 e. The lowest BCUT2D eigenvalue weighted by atomic mass is 9.98. The van der Waals surface area contributed by atoms with Gasteiger partial charge in [-0.3, -0.25) is 91.1 Å². The Morgan fingerprint density at radius 3 is 1.55 bits per heavy atom. The second-order valence-corrected chi connectivity index (χ2v) is 35.4. The molecule has 4 bridgehead atoms. The van der Waals surface area contributed by atoms with Crippen LogP contribution in [0.3, 0.4) is 0 Å². The number of hydrogen-bond acceptors (Lipinski definition) is 26. The van der Waals surface area contributed by atoms with Gasteiger partial charge in [0.15, 0.2) is 5.78 Å². The fraction of sp³-hybridized carbons (Fsp3) is 0.566. The van der Waals surface area contributed by atoms with Crippen LogP contribution in [0, 0.1) is 17.8 Å². The summed E-state index contributed by atoms with van der Waals surface area (Å²) in [7, 11) is 1.36. The van der Waals surface area contributed by atoms with Gasteiger partial charge in [0.25, 0.3) is 0 Å². The SMILES string of the molecule is CC[C@@H]1NC(=O)[C@H]([C@@H](C)O)NC(=O)[C@@H](CC(=O)[C@H](C)NC(=O)CN(C)C(=O)CCN)CSCC(=O)N2CCN3CCN(CC2)C(=O)CSC[C@H](NC1=O)C(=O)N[C@@H](Cc1c[nH]c2ccccc12)C(=O)N[C@@H](C(C)C)C(=O)N[C@@H](CC(=O)O)C(=O)NCC(=O)N[C@@H](Cc1c[nH]c2ccccc12)C(=O)N[C@@H](C(C)C)C(=O)N1CCC[C@H]1C(=O)N[C@H](C(N)=O)CSCC3=O.O=C=O. The summed E-state index contributed by atoms with van der Waals surface area (Å²) in [6.07, 6.45) is -0.437. The number of likely N-dealkylation sites (N-methyl/N-ethyl adjacent to an activating group) is 1. The number of Topliss-reactive ketones (excluding diaryl/α,β-unsaturated/α-hetero) is 1. The first kappa shape index (κ1) is 104. The lowest BCUT2D eigenvalue weighted by Crippen LogP contribution is -2.61. The number of aromatic nitrogens is 2. The van der Waals surface area contributed by atoms with E-state index in [0.29, 0.717) is 39.4 Å². The maximum absolute atomic E-state index is 15.4. The van der Waals surface area contributed by atoms with Gasteiger partial charge in [-0.15, -0.1) is 23.5 Å². The van der Waals surface area contributed by atoms with Crippen LogP contribution in [0.2, 0.25) is 0 Å². The van der Waals surface area contributed by atoms with Crippen molar-refractivity contribution in [2.75, 3.05) is 107 Å². The standard InChI is InChI=1S/C82H116N20O21S3.CO2/c1-9-52-75(116)94-59-39-126-42-67(110)101-26-24-99(65(108)40-124-37-49(73(114)97-71(46(7)103)81(122)90-52)31-61(104)45(6)88-63(106)36-98(8)64(107)20-21-83)23-25-100(27-28-101)66(109)41-125-38-58(72(84)113)93-79(120)60-19-14-22-102(60)82(123)70(44(4)5)96-76(117)55(29-47-33-85-53-17-12-10-15-50(47)53)89-62(105)35-87-74(115)57(32-68(111)112)92-80(121)69(43(2)3)95-77(118)56(91-78(59)119)30-48-34-86-54-18-13-11-16-51(48)54;2-1-3/h10-13,15-18,33-34,43-46,49,52,55-60,69-71,85-86,103H,9,14,19-32,35-42,83H2,1-8H3,(H2,84,113)(H,87,115)(H,88,106)(H,89,105)(H,90,122)(H,91,119)(H,92,121)(H,93,120)(H,94,116)(H,95,118)(H,96,117)(H,97,114)(H,111,112);/t45-,46+,49-,52-,55-,56-,57-,58-,59-,60-,69-,70-,71-;/m0./s1. The summed E-state index contributed by atoms with van der Waals surface area (Å²) in [5.74, 6) is -22.4. The van der Waals surface area contributed by atoms with Gasteiger partial charge in [-0.1, -0.05) is 71.0 Å². The van der Waals surface area contributed by atoms with E-state index in [2.05, 4.69) is 68.5 Å². The summed E-state index contributed by atoms with van der Waals surface area (Å²) in [4.78, 5) is 301. The molecule has 0 saturated carbocycles. The molecule has 0 aliphatic carbocycles. The van der Waals surface area contributed by atoms with Crippen molar-refractivity contribution in [2.24, 2.45) is 29.2 Å². The van der Waals surface area contributed by atoms with Crippen molar-refractivity contribution in [3.05, 3.63) is 72.1 Å². The zero-order chi connectivity index (χ0) is 95.0. The van der Waals surface area contributed by atoms with Gasteiger partial charge in [-0.25, -0.2) is 0 Å². The molecule has 0 unspecified atom stereocenters. The predicted molar refractivity (Wildman–Crippen MR) is 471 cm³/mol. The van der Waals surface area contributed by atoms with Crippen molar-refractivity contribution in [3.63, 3.8) is 0 Å². The van der Waals surface area contributed by atoms with Crippen molar-refractivity contribution >= 4 is 175 Å². The van der Waals surface area contributed by atoms with E-state index < -0.39 is 240 Å². The number of carbonyl (C=O) groups is 19. The second kappa shape index (κ2) is 50.7. The number of aliphatic hydroxyl groups excluding tert-OH is 1. The van der Waals surface area contributed by atoms with Crippen LogP contribution < -0.4 is 70.0 Å². The zero-order valence-electron chi connectivity index (χ0n) is 73.0. The third-order valence-electron chi connectivity index (χ3n) is 22.0. The Morgan fingerprint density at radius 2 is 1.04 bits per heavy atom. The minimum atomic E-state index is -1.95. The first-order valence-corrected chi connectivity index (χ1v) is 45.7. The molecule has 43 nitrogen and oxygen atoms in total. The first-order valence-electron chi connectivity index (χ1n) is 42.2. The Hall–Kier alpha value is -12.0. The predicted octanol–water partition coefficient (Wildman–Crippen LogP) is -5.00. The average molecular weight is 1860 g/mol. The number of hydrogen-bond donors (Lipinski definition) is 17. The van der Waals surface area contributed by atoms with Gasteiger partial charge in [0.2, 0.25) is 100 Å². The number of rotatable bonds is 19. The minimum absolute atomic E-state index is 0.00737. The number of aliphatic carboxylic acids is 1. The average Bonchev–Trinajstić information content (AvgIpc) is 1.70. The van der Waals surface area contributed by atoms with Gasteiger partial charge < -0.3 is 115 Å². The molecule has 704 valence electrons. The molecule has 8 rings (SSSR count). The fourth-order valence-electron chi connectivity index (χ4n) is 14.7. The van der Waals surface area contributed by atoms with E-state index in [1.165, 1.54) is 54.3 Å². The van der Waals surface area contributed by atoms with Gasteiger partial charge >= 0.3 is 12.1 Å². The van der Waals surface area contributed by atoms with Crippen molar-refractivity contribution in [1.29, 1.82) is 0 Å². The highest BCUT2D eigenvalue weighted by Crippen LogP contribution is 2.26. The van der Waals surface area contributed by atoms with Gasteiger partial charge in [0.05, 0.1) is 54.8 Å². The van der Waals surface area contributed by atoms with Crippen LogP contribution in [0.4, 0.5) is 0 Å². The molecule has 4 aliphatic heterocycles. The highest BCUT2D eigenvalue weighted by Gasteiger charge is 2.43. The molecule has 0 spiro atoms. The molecule has 17 amide bonds. The number of fused-ring (bicyclic) bond motifs is 11. The van der Waals surface area contributed by atoms with Crippen LogP contribution in [0.1, 0.15) is 98.1 Å². The number of aliphatic hydroxyl groups is 1. The van der Waals surface area contributed by atoms with Crippen LogP contribution in [-0.2, 0) is 114 Å². The lowest BCUT2D eigenvalue weighted by molar-refractivity contribution is -0.192. The Kier molecular flexibility index (Phi) is 40.9. The number of carboxylic acids is 1. The van der Waals surface area contributed by atoms with E-state index >= 15 is 9.59 Å². The van der Waals surface area contributed by atoms with Gasteiger partial charge in [0.1, 0.15) is 60.4 Å². The van der Waals surface area contributed by atoms with Crippen molar-refractivity contribution in [2.45, 2.75) is 172 Å². The topological polar surface area (TPSA) is 631 Å². The number of carbonyl (C=O) groups excluding carboxylic acids is 20. The Bertz CT molecular complexity index is 4770. The van der Waals surface area contributed by atoms with E-state index in [1.807, 2.05) is 0 Å². The number of nitrogens with two attached hydrogens (primary N) is 2. The molecule has 0 radical (unpaired) electrons. The van der Waals surface area contributed by atoms with Crippen molar-refractivity contribution in [3.8, 4) is 0 Å². The van der Waals surface area contributed by atoms with Crippen LogP contribution >= 0.6 is 35.3 Å². The summed E-state index contributed by atoms with van der Waals surface area (Å²) < 4.78 is 0. The number of amides is 17. The molecule has 19 N–H and O–H groups in total. The summed E-state index contributed by atoms with van der Waals surface area (Å²) in [6.45, 7) is 8.02. The molecule has 4 aliphatic rings. The highest BCUT2D eigenvalue weighted by molar-refractivity contribution is 8.00. The molecule has 2 aromatic heterocycles. The molecule has 4 aromatic rings. The van der Waals surface area contributed by atoms with Crippen LogP contribution in [0.25, 0.3) is 21.8 Å². The monoisotopic (exact) mass is 1860 g/mol. The molecular formula is C83H116N20O23S3. The highest BCUT2D eigenvalue weighted by atomic mass is 32.2. The number of thioether (sulfide) groups is 3. The Labute approximate surface area is 756 Å². The largest absolute Gasteiger partial charge is 0.481 e. The van der Waals surface area contributed by atoms with Crippen LogP contribution in [0.5, 0.6) is 0 Å². The van der Waals surface area contributed by atoms with E-state index in [4.69, 9.17) is 21.1 Å². The summed E-state index contributed by atoms with van der Waals surface area (Å²) in [5.41, 5.74) is 13.7. The number of nitrogens with zero attached hydrogens (tertiary/aromatic N) is 5. The molecule has 6 heterocycles. The zero-order valence-corrected chi connectivity index (χ0v) is 75.4. The summed E-state index contributed by atoms with van der Waals surface area (Å²) in [5, 5.41) is 50.9. The molecule has 2 aromatic carbocycles. The number of benzene rings is 2. The van der Waals surface area contributed by atoms with E-state index in [9.17, 15) is 91.7 Å². The van der Waals surface area contributed by atoms with Gasteiger partial charge in [-0.05, 0) is 68.2 Å². The number of H-pyrrole nitrogens is 2. The van der Waals surface area contributed by atoms with E-state index in [1.54, 1.807) is 74.8 Å². The van der Waals surface area contributed by atoms with Gasteiger partial charge in [0, 0.05) is 137 Å². The van der Waals surface area contributed by atoms with Crippen molar-refractivity contribution in [1.82, 2.24) is 93.0 Å². The minimum Gasteiger partial charge on any atom is -0.481 e. The Morgan fingerprint density at radius 1 is 0.558 bits per heavy atom. The third kappa shape index (κ3) is 30.9. The lowest BCUT2D eigenvalue weighted by Gasteiger charge is -2.32. The van der Waals surface area contributed by atoms with Crippen LogP contribution in [-0.4, -0.2) is 343 Å². The summed E-state index contributed by atoms with van der Waals surface area (Å²) >= 11 is 2.64. The number of primary amides is 1. The number of para-hydroxylation sites is 2. The number of ketones is 1. The molecule has 46 heteroatoms. The smallest absolute Gasteiger partial charge is 0.373 e. The summed E-state index contributed by atoms with van der Waals surface area (Å²) in [6, 6.07) is -3.27. The molecule has 4 saturated heterocycles. The maximum atomic E-state index is 15.4. The fourth-order valence-corrected chi connectivity index (χ4v) is 17.6. The number of aromatic amines is 2. The van der Waals surface area contributed by atoms with E-state index in [-0.39, 0.29) is 114 Å². The molecular weight excluding hydrogens is 1740 g/mol. The number of nitrogens with one attached hydrogen (secondary N) is 13. The quantitative estimate of drug-likeness (QED) is 0.0418. The van der Waals surface area contributed by atoms with Gasteiger partial charge in [-0.2, -0.15) is 21.4 Å². The normalized spacial score (nSPS) is 24.1. The van der Waals surface area contributed by atoms with E-state index in [0.717, 1.165) is 47.1 Å². The van der Waals surface area contributed by atoms with Crippen molar-refractivity contribution < 1.29 is 111 Å².